The lowest BCUT2D eigenvalue weighted by molar-refractivity contribution is -0.115. The van der Waals surface area contributed by atoms with Crippen LogP contribution in [-0.4, -0.2) is 34.2 Å². The van der Waals surface area contributed by atoms with E-state index in [-0.39, 0.29) is 11.1 Å². The van der Waals surface area contributed by atoms with Crippen LogP contribution in [0.1, 0.15) is 37.8 Å². The molecular formula is C15H18N4O2S. The summed E-state index contributed by atoms with van der Waals surface area (Å²) in [7, 11) is 2.02. The second-order valence-corrected chi connectivity index (χ2v) is 6.55. The number of nitrogens with zero attached hydrogens (tertiary/aromatic N) is 3. The molecule has 2 fully saturated rings. The van der Waals surface area contributed by atoms with Crippen LogP contribution in [0, 0.1) is 0 Å². The number of anilines is 1. The Hall–Kier alpha value is -1.89. The molecule has 2 heterocycles. The van der Waals surface area contributed by atoms with Gasteiger partial charge in [0.15, 0.2) is 0 Å². The number of thioether (sulfide) groups is 1. The van der Waals surface area contributed by atoms with Crippen molar-refractivity contribution in [3.05, 3.63) is 22.9 Å². The lowest BCUT2D eigenvalue weighted by atomic mass is 9.95. The average Bonchev–Trinajstić information content (AvgIpc) is 2.85. The van der Waals surface area contributed by atoms with Crippen molar-refractivity contribution in [3.8, 4) is 0 Å². The first kappa shape index (κ1) is 15.0. The van der Waals surface area contributed by atoms with Crippen LogP contribution < -0.4 is 10.2 Å². The molecular weight excluding hydrogens is 300 g/mol. The molecule has 0 unspecified atom stereocenters. The van der Waals surface area contributed by atoms with E-state index in [1.165, 1.54) is 19.3 Å². The van der Waals surface area contributed by atoms with Crippen molar-refractivity contribution in [1.29, 1.82) is 0 Å². The van der Waals surface area contributed by atoms with E-state index < -0.39 is 0 Å². The highest BCUT2D eigenvalue weighted by atomic mass is 32.2. The van der Waals surface area contributed by atoms with Gasteiger partial charge in [-0.25, -0.2) is 9.97 Å². The molecule has 1 saturated carbocycles. The standard InChI is InChI=1S/C15H18N4O2S/c1-19(11-5-3-2-4-6-11)14-16-8-7-10(17-14)9-12-13(20)18-15(21)22-12/h7-9,11H,2-6H2,1H3,(H,18,20,21)/b12-9-. The monoisotopic (exact) mass is 318 g/mol. The molecule has 1 saturated heterocycles. The predicted molar refractivity (Wildman–Crippen MR) is 86.4 cm³/mol. The van der Waals surface area contributed by atoms with Crippen LogP contribution >= 0.6 is 11.8 Å². The zero-order valence-electron chi connectivity index (χ0n) is 12.4. The number of carbonyl (C=O) groups is 2. The molecule has 1 aromatic rings. The number of imide groups is 1. The van der Waals surface area contributed by atoms with E-state index in [4.69, 9.17) is 0 Å². The fourth-order valence-corrected chi connectivity index (χ4v) is 3.47. The van der Waals surface area contributed by atoms with Gasteiger partial charge >= 0.3 is 0 Å². The Balaban J connectivity index is 1.79. The topological polar surface area (TPSA) is 75.2 Å². The lowest BCUT2D eigenvalue weighted by Crippen LogP contribution is -2.34. The molecule has 0 aromatic carbocycles. The van der Waals surface area contributed by atoms with Crippen molar-refractivity contribution in [3.63, 3.8) is 0 Å². The van der Waals surface area contributed by atoms with Crippen molar-refractivity contribution in [1.82, 2.24) is 15.3 Å². The van der Waals surface area contributed by atoms with Gasteiger partial charge < -0.3 is 4.90 Å². The van der Waals surface area contributed by atoms with Crippen molar-refractivity contribution >= 4 is 34.9 Å². The van der Waals surface area contributed by atoms with E-state index in [9.17, 15) is 9.59 Å². The van der Waals surface area contributed by atoms with Gasteiger partial charge in [-0.1, -0.05) is 19.3 Å². The Labute approximate surface area is 133 Å². The number of amides is 2. The van der Waals surface area contributed by atoms with Crippen LogP contribution in [0.25, 0.3) is 6.08 Å². The molecule has 22 heavy (non-hydrogen) atoms. The minimum absolute atomic E-state index is 0.343. The fourth-order valence-electron chi connectivity index (χ4n) is 2.80. The second kappa shape index (κ2) is 6.48. The molecule has 2 aliphatic rings. The Kier molecular flexibility index (Phi) is 4.42. The molecule has 116 valence electrons. The molecule has 0 spiro atoms. The van der Waals surface area contributed by atoms with E-state index in [1.807, 2.05) is 7.05 Å². The zero-order valence-corrected chi connectivity index (χ0v) is 13.2. The summed E-state index contributed by atoms with van der Waals surface area (Å²) < 4.78 is 0. The highest BCUT2D eigenvalue weighted by Gasteiger charge is 2.25. The minimum atomic E-state index is -0.365. The van der Waals surface area contributed by atoms with E-state index in [0.717, 1.165) is 24.6 Å². The Morgan fingerprint density at radius 1 is 1.32 bits per heavy atom. The van der Waals surface area contributed by atoms with Crippen LogP contribution in [0.2, 0.25) is 0 Å². The number of aromatic nitrogens is 2. The first-order valence-electron chi connectivity index (χ1n) is 7.44. The van der Waals surface area contributed by atoms with Crippen LogP contribution in [0.3, 0.4) is 0 Å². The van der Waals surface area contributed by atoms with Crippen LogP contribution in [0.4, 0.5) is 10.7 Å². The Morgan fingerprint density at radius 3 is 2.77 bits per heavy atom. The van der Waals surface area contributed by atoms with Crippen LogP contribution in [0.15, 0.2) is 17.2 Å². The highest BCUT2D eigenvalue weighted by Crippen LogP contribution is 2.26. The molecule has 1 aliphatic heterocycles. The van der Waals surface area contributed by atoms with Gasteiger partial charge in [0, 0.05) is 19.3 Å². The highest BCUT2D eigenvalue weighted by molar-refractivity contribution is 8.18. The van der Waals surface area contributed by atoms with Gasteiger partial charge in [0.2, 0.25) is 5.95 Å². The van der Waals surface area contributed by atoms with E-state index in [2.05, 4.69) is 20.2 Å². The summed E-state index contributed by atoms with van der Waals surface area (Å²) in [6.45, 7) is 0. The quantitative estimate of drug-likeness (QED) is 0.863. The van der Waals surface area contributed by atoms with E-state index >= 15 is 0 Å². The summed E-state index contributed by atoms with van der Waals surface area (Å²) in [6, 6.07) is 2.21. The Morgan fingerprint density at radius 2 is 2.09 bits per heavy atom. The van der Waals surface area contributed by atoms with Gasteiger partial charge in [0.05, 0.1) is 10.6 Å². The van der Waals surface area contributed by atoms with Gasteiger partial charge in [-0.2, -0.15) is 0 Å². The lowest BCUT2D eigenvalue weighted by Gasteiger charge is -2.31. The maximum atomic E-state index is 11.6. The maximum absolute atomic E-state index is 11.6. The van der Waals surface area contributed by atoms with Crippen molar-refractivity contribution in [2.24, 2.45) is 0 Å². The third kappa shape index (κ3) is 3.30. The number of hydrogen-bond acceptors (Lipinski definition) is 6. The summed E-state index contributed by atoms with van der Waals surface area (Å²) >= 11 is 0.898. The number of rotatable bonds is 3. The molecule has 0 radical (unpaired) electrons. The van der Waals surface area contributed by atoms with E-state index in [0.29, 0.717) is 22.6 Å². The number of hydrogen-bond donors (Lipinski definition) is 1. The normalized spacial score (nSPS) is 21.2. The van der Waals surface area contributed by atoms with Crippen molar-refractivity contribution in [2.45, 2.75) is 38.1 Å². The first-order chi connectivity index (χ1) is 10.6. The predicted octanol–water partition coefficient (Wildman–Crippen LogP) is 2.57. The minimum Gasteiger partial charge on any atom is -0.341 e. The van der Waals surface area contributed by atoms with Gasteiger partial charge in [0.25, 0.3) is 11.1 Å². The third-order valence-electron chi connectivity index (χ3n) is 4.02. The summed E-state index contributed by atoms with van der Waals surface area (Å²) in [5, 5.41) is 1.90. The number of carbonyl (C=O) groups excluding carboxylic acids is 2. The van der Waals surface area contributed by atoms with Gasteiger partial charge in [-0.15, -0.1) is 0 Å². The summed E-state index contributed by atoms with van der Waals surface area (Å²) in [4.78, 5) is 34.1. The largest absolute Gasteiger partial charge is 0.341 e. The zero-order chi connectivity index (χ0) is 15.5. The van der Waals surface area contributed by atoms with Gasteiger partial charge in [-0.3, -0.25) is 14.9 Å². The third-order valence-corrected chi connectivity index (χ3v) is 4.83. The molecule has 6 nitrogen and oxygen atoms in total. The fraction of sp³-hybridized carbons (Fsp3) is 0.467. The molecule has 0 atom stereocenters. The first-order valence-corrected chi connectivity index (χ1v) is 8.26. The second-order valence-electron chi connectivity index (χ2n) is 5.54. The molecule has 1 aromatic heterocycles. The number of nitrogens with one attached hydrogen (secondary N) is 1. The van der Waals surface area contributed by atoms with Crippen molar-refractivity contribution in [2.75, 3.05) is 11.9 Å². The maximum Gasteiger partial charge on any atom is 0.290 e. The average molecular weight is 318 g/mol. The van der Waals surface area contributed by atoms with E-state index in [1.54, 1.807) is 18.3 Å². The van der Waals surface area contributed by atoms with Crippen LogP contribution in [0.5, 0.6) is 0 Å². The molecule has 0 bridgehead atoms. The SMILES string of the molecule is CN(c1nccc(/C=C2\SC(=O)NC2=O)n1)C1CCCCC1. The molecule has 1 aliphatic carbocycles. The van der Waals surface area contributed by atoms with Crippen LogP contribution in [-0.2, 0) is 4.79 Å². The smallest absolute Gasteiger partial charge is 0.290 e. The molecule has 3 rings (SSSR count). The van der Waals surface area contributed by atoms with Gasteiger partial charge in [0.1, 0.15) is 0 Å². The summed E-state index contributed by atoms with van der Waals surface area (Å²) in [5.41, 5.74) is 0.639. The molecule has 7 heteroatoms. The molecule has 1 N–H and O–H groups in total. The molecule has 2 amide bonds. The summed E-state index contributed by atoms with van der Waals surface area (Å²) in [5.74, 6) is 0.298. The van der Waals surface area contributed by atoms with Crippen molar-refractivity contribution < 1.29 is 9.59 Å². The summed E-state index contributed by atoms with van der Waals surface area (Å²) in [6.07, 6.45) is 9.45. The van der Waals surface area contributed by atoms with Gasteiger partial charge in [-0.05, 0) is 36.7 Å². The Bertz CT molecular complexity index is 626.